The normalized spacial score (nSPS) is 12.9. The van der Waals surface area contributed by atoms with Crippen LogP contribution < -0.4 is 4.74 Å². The number of halogens is 5. The second kappa shape index (κ2) is 13.1. The summed E-state index contributed by atoms with van der Waals surface area (Å²) < 4.78 is 69.4. The standard InChI is InChI=1S/C32H31F5O4S/c1-20(6-4-17-31(33,34)32(35,36)37)5-2-3-18-41-25-14-9-21(10-15-25)29(40)28-26-16-13-24(39)19-27(26)42-30(28)22-7-11-23(38)12-8-22/h7-16,19-20,38-39H,2-6,17-18H2,1H3. The lowest BCUT2D eigenvalue weighted by atomic mass is 9.96. The molecule has 0 aliphatic carbocycles. The van der Waals surface area contributed by atoms with Crippen molar-refractivity contribution in [1.82, 2.24) is 0 Å². The van der Waals surface area contributed by atoms with Crippen molar-refractivity contribution in [2.24, 2.45) is 5.92 Å². The van der Waals surface area contributed by atoms with Crippen LogP contribution in [0.4, 0.5) is 22.0 Å². The van der Waals surface area contributed by atoms with E-state index in [-0.39, 0.29) is 29.6 Å². The van der Waals surface area contributed by atoms with E-state index in [1.165, 1.54) is 17.4 Å². The number of benzene rings is 3. The van der Waals surface area contributed by atoms with E-state index < -0.39 is 18.5 Å². The summed E-state index contributed by atoms with van der Waals surface area (Å²) in [6, 6.07) is 18.2. The quantitative estimate of drug-likeness (QED) is 0.0903. The maximum atomic E-state index is 13.7. The third-order valence-electron chi connectivity index (χ3n) is 7.11. The Bertz CT molecular complexity index is 1490. The van der Waals surface area contributed by atoms with Gasteiger partial charge in [-0.2, -0.15) is 22.0 Å². The molecule has 1 unspecified atom stereocenters. The average Bonchev–Trinajstić information content (AvgIpc) is 3.31. The first-order valence-corrected chi connectivity index (χ1v) is 14.4. The molecule has 224 valence electrons. The molecule has 0 saturated carbocycles. The summed E-state index contributed by atoms with van der Waals surface area (Å²) in [5, 5.41) is 20.4. The van der Waals surface area contributed by atoms with E-state index in [4.69, 9.17) is 4.74 Å². The minimum Gasteiger partial charge on any atom is -0.508 e. The zero-order valence-electron chi connectivity index (χ0n) is 22.9. The Hall–Kier alpha value is -3.66. The molecular formula is C32H31F5O4S. The van der Waals surface area contributed by atoms with Gasteiger partial charge >= 0.3 is 12.1 Å². The predicted octanol–water partition coefficient (Wildman–Crippen LogP) is 9.76. The van der Waals surface area contributed by atoms with Crippen molar-refractivity contribution < 1.29 is 41.7 Å². The topological polar surface area (TPSA) is 66.8 Å². The van der Waals surface area contributed by atoms with Gasteiger partial charge in [-0.1, -0.05) is 19.8 Å². The number of carbonyl (C=O) groups is 1. The number of unbranched alkanes of at least 4 members (excludes halogenated alkanes) is 1. The van der Waals surface area contributed by atoms with Gasteiger partial charge in [0.15, 0.2) is 5.78 Å². The van der Waals surface area contributed by atoms with Gasteiger partial charge in [0.1, 0.15) is 17.2 Å². The van der Waals surface area contributed by atoms with Crippen LogP contribution in [-0.2, 0) is 0 Å². The summed E-state index contributed by atoms with van der Waals surface area (Å²) >= 11 is 1.38. The Morgan fingerprint density at radius 3 is 2.17 bits per heavy atom. The fourth-order valence-corrected chi connectivity index (χ4v) is 5.96. The number of phenols is 2. The summed E-state index contributed by atoms with van der Waals surface area (Å²) in [6.45, 7) is 2.24. The molecule has 0 aliphatic heterocycles. The number of alkyl halides is 5. The second-order valence-corrected chi connectivity index (χ2v) is 11.5. The van der Waals surface area contributed by atoms with Crippen molar-refractivity contribution >= 4 is 27.2 Å². The van der Waals surface area contributed by atoms with Crippen LogP contribution in [0.5, 0.6) is 17.2 Å². The summed E-state index contributed by atoms with van der Waals surface area (Å²) in [5.74, 6) is -4.01. The maximum absolute atomic E-state index is 13.7. The van der Waals surface area contributed by atoms with E-state index >= 15 is 0 Å². The van der Waals surface area contributed by atoms with Crippen LogP contribution >= 0.6 is 11.3 Å². The Morgan fingerprint density at radius 1 is 0.857 bits per heavy atom. The first-order chi connectivity index (χ1) is 19.9. The molecule has 3 aromatic carbocycles. The van der Waals surface area contributed by atoms with Gasteiger partial charge in [-0.25, -0.2) is 0 Å². The second-order valence-electron chi connectivity index (χ2n) is 10.4. The summed E-state index contributed by atoms with van der Waals surface area (Å²) in [7, 11) is 0. The van der Waals surface area contributed by atoms with E-state index in [9.17, 15) is 37.0 Å². The first kappa shape index (κ1) is 31.3. The van der Waals surface area contributed by atoms with Crippen molar-refractivity contribution in [2.45, 2.75) is 57.5 Å². The van der Waals surface area contributed by atoms with Gasteiger partial charge in [0, 0.05) is 32.5 Å². The minimum absolute atomic E-state index is 0.0305. The van der Waals surface area contributed by atoms with Crippen LogP contribution in [0.25, 0.3) is 20.5 Å². The third-order valence-corrected chi connectivity index (χ3v) is 8.31. The molecule has 4 nitrogen and oxygen atoms in total. The monoisotopic (exact) mass is 606 g/mol. The number of rotatable bonds is 13. The summed E-state index contributed by atoms with van der Waals surface area (Å²) in [5.41, 5.74) is 1.73. The van der Waals surface area contributed by atoms with Gasteiger partial charge in [-0.15, -0.1) is 11.3 Å². The van der Waals surface area contributed by atoms with Gasteiger partial charge in [-0.05, 0) is 97.5 Å². The maximum Gasteiger partial charge on any atom is 0.453 e. The molecule has 1 aromatic heterocycles. The first-order valence-electron chi connectivity index (χ1n) is 13.6. The lowest BCUT2D eigenvalue weighted by Crippen LogP contribution is -2.36. The molecule has 0 radical (unpaired) electrons. The fraction of sp³-hybridized carbons (Fsp3) is 0.344. The van der Waals surface area contributed by atoms with Gasteiger partial charge in [0.25, 0.3) is 0 Å². The number of carbonyl (C=O) groups excluding carboxylic acids is 1. The van der Waals surface area contributed by atoms with Crippen molar-refractivity contribution in [3.63, 3.8) is 0 Å². The van der Waals surface area contributed by atoms with E-state index in [1.54, 1.807) is 60.7 Å². The SMILES string of the molecule is CC(CCCCOc1ccc(C(=O)c2c(-c3ccc(O)cc3)sc3cc(O)ccc23)cc1)CCCC(F)(F)C(F)(F)F. The number of hydrogen-bond acceptors (Lipinski definition) is 5. The van der Waals surface area contributed by atoms with Crippen LogP contribution in [0.15, 0.2) is 66.7 Å². The Labute approximate surface area is 244 Å². The largest absolute Gasteiger partial charge is 0.508 e. The number of fused-ring (bicyclic) bond motifs is 1. The van der Waals surface area contributed by atoms with Gasteiger partial charge in [-0.3, -0.25) is 4.79 Å². The average molecular weight is 607 g/mol. The molecule has 1 atom stereocenters. The molecule has 42 heavy (non-hydrogen) atoms. The zero-order chi connectivity index (χ0) is 30.5. The summed E-state index contributed by atoms with van der Waals surface area (Å²) in [6.07, 6.45) is -4.44. The van der Waals surface area contributed by atoms with E-state index in [0.717, 1.165) is 26.9 Å². The molecular weight excluding hydrogens is 575 g/mol. The molecule has 0 spiro atoms. The Kier molecular flexibility index (Phi) is 9.76. The molecule has 0 amide bonds. The number of phenolic OH excluding ortho intramolecular Hbond substituents is 2. The highest BCUT2D eigenvalue weighted by Crippen LogP contribution is 2.42. The third kappa shape index (κ3) is 7.59. The van der Waals surface area contributed by atoms with Gasteiger partial charge in [0.2, 0.25) is 0 Å². The van der Waals surface area contributed by atoms with Gasteiger partial charge < -0.3 is 14.9 Å². The molecule has 0 aliphatic rings. The molecule has 0 bridgehead atoms. The van der Waals surface area contributed by atoms with Gasteiger partial charge in [0.05, 0.1) is 6.61 Å². The number of thiophene rings is 1. The van der Waals surface area contributed by atoms with Crippen molar-refractivity contribution in [3.8, 4) is 27.7 Å². The van der Waals surface area contributed by atoms with Crippen molar-refractivity contribution in [2.75, 3.05) is 6.61 Å². The molecule has 4 rings (SSSR count). The number of ketones is 1. The van der Waals surface area contributed by atoms with Crippen LogP contribution in [0.1, 0.15) is 61.4 Å². The van der Waals surface area contributed by atoms with Crippen molar-refractivity contribution in [1.29, 1.82) is 0 Å². The van der Waals surface area contributed by atoms with E-state index in [0.29, 0.717) is 42.7 Å². The van der Waals surface area contributed by atoms with Crippen LogP contribution in [0.2, 0.25) is 0 Å². The Morgan fingerprint density at radius 2 is 1.50 bits per heavy atom. The van der Waals surface area contributed by atoms with Crippen molar-refractivity contribution in [3.05, 3.63) is 77.9 Å². The highest BCUT2D eigenvalue weighted by molar-refractivity contribution is 7.22. The zero-order valence-corrected chi connectivity index (χ0v) is 23.7. The summed E-state index contributed by atoms with van der Waals surface area (Å²) in [4.78, 5) is 14.4. The molecule has 1 heterocycles. The van der Waals surface area contributed by atoms with Crippen LogP contribution in [0.3, 0.4) is 0 Å². The minimum atomic E-state index is -5.50. The number of ether oxygens (including phenoxy) is 1. The number of aromatic hydroxyl groups is 2. The van der Waals surface area contributed by atoms with Crippen LogP contribution in [0, 0.1) is 5.92 Å². The number of hydrogen-bond donors (Lipinski definition) is 2. The lowest BCUT2D eigenvalue weighted by molar-refractivity contribution is -0.284. The highest BCUT2D eigenvalue weighted by Gasteiger charge is 2.56. The molecule has 0 saturated heterocycles. The molecule has 4 aromatic rings. The molecule has 0 fully saturated rings. The lowest BCUT2D eigenvalue weighted by Gasteiger charge is -2.20. The van der Waals surface area contributed by atoms with Crippen LogP contribution in [-0.4, -0.2) is 34.7 Å². The highest BCUT2D eigenvalue weighted by atomic mass is 32.1. The smallest absolute Gasteiger partial charge is 0.453 e. The molecule has 10 heteroatoms. The van der Waals surface area contributed by atoms with E-state index in [2.05, 4.69) is 0 Å². The predicted molar refractivity (Wildman–Crippen MR) is 154 cm³/mol. The van der Waals surface area contributed by atoms with E-state index in [1.807, 2.05) is 6.92 Å². The fourth-order valence-electron chi connectivity index (χ4n) is 4.72. The Balaban J connectivity index is 1.31. The molecule has 2 N–H and O–H groups in total.